The molecule has 0 saturated carbocycles. The van der Waals surface area contributed by atoms with Gasteiger partial charge < -0.3 is 15.2 Å². The average molecular weight is 535 g/mol. The molecule has 3 rings (SSSR count). The van der Waals surface area contributed by atoms with Crippen LogP contribution in [0.15, 0.2) is 71.1 Å². The maximum atomic E-state index is 4.75. The molecular weight excluding hydrogens is 505 g/mol. The van der Waals surface area contributed by atoms with E-state index in [1.165, 1.54) is 27.1 Å². The lowest BCUT2D eigenvalue weighted by molar-refractivity contribution is 0.795. The smallest absolute Gasteiger partial charge is 0.191 e. The molecule has 2 aromatic carbocycles. The molecule has 0 spiro atoms. The van der Waals surface area contributed by atoms with Crippen LogP contribution < -0.4 is 10.6 Å². The van der Waals surface area contributed by atoms with Crippen LogP contribution in [0.25, 0.3) is 0 Å². The van der Waals surface area contributed by atoms with Crippen molar-refractivity contribution < 1.29 is 0 Å². The summed E-state index contributed by atoms with van der Waals surface area (Å²) in [5.74, 6) is 0.836. The predicted octanol–water partition coefficient (Wildman–Crippen LogP) is 4.84. The highest BCUT2D eigenvalue weighted by atomic mass is 127. The molecule has 0 fully saturated rings. The topological polar surface area (TPSA) is 54.2 Å². The minimum atomic E-state index is 0. The Morgan fingerprint density at radius 1 is 1.10 bits per heavy atom. The average Bonchev–Trinajstić information content (AvgIpc) is 3.25. The van der Waals surface area contributed by atoms with Crippen molar-refractivity contribution in [2.75, 3.05) is 12.8 Å². The Bertz CT molecular complexity index is 923. The van der Waals surface area contributed by atoms with E-state index in [1.54, 1.807) is 18.0 Å². The number of imidazole rings is 1. The summed E-state index contributed by atoms with van der Waals surface area (Å²) in [6.45, 7) is 7.28. The van der Waals surface area contributed by atoms with Gasteiger partial charge in [0.25, 0.3) is 0 Å². The summed E-state index contributed by atoms with van der Waals surface area (Å²) in [7, 11) is 0. The molecule has 5 nitrogen and oxygen atoms in total. The van der Waals surface area contributed by atoms with E-state index in [4.69, 9.17) is 4.99 Å². The Kier molecular flexibility index (Phi) is 10.2. The zero-order valence-corrected chi connectivity index (χ0v) is 20.9. The highest BCUT2D eigenvalue weighted by Gasteiger charge is 2.04. The summed E-state index contributed by atoms with van der Waals surface area (Å²) in [6, 6.07) is 15.2. The van der Waals surface area contributed by atoms with E-state index >= 15 is 0 Å². The molecule has 7 heteroatoms. The molecule has 3 aromatic rings. The van der Waals surface area contributed by atoms with E-state index in [9.17, 15) is 0 Å². The van der Waals surface area contributed by atoms with Crippen molar-refractivity contribution in [3.8, 4) is 0 Å². The summed E-state index contributed by atoms with van der Waals surface area (Å²) >= 11 is 1.78. The first kappa shape index (κ1) is 24.3. The Labute approximate surface area is 200 Å². The number of halogens is 1. The number of aromatic nitrogens is 2. The monoisotopic (exact) mass is 535 g/mol. The number of aliphatic imine (C=N–C) groups is 1. The van der Waals surface area contributed by atoms with Crippen LogP contribution in [-0.2, 0) is 19.6 Å². The van der Waals surface area contributed by atoms with E-state index in [0.29, 0.717) is 6.54 Å². The van der Waals surface area contributed by atoms with Gasteiger partial charge in [-0.05, 0) is 48.4 Å². The van der Waals surface area contributed by atoms with Crippen molar-refractivity contribution in [3.63, 3.8) is 0 Å². The molecule has 2 N–H and O–H groups in total. The standard InChI is InChI=1S/C23H29N5S.HI/c1-4-25-23(27-15-21-10-5-18(2)13-22(21)29-3)26-14-19-6-8-20(9-7-19)16-28-12-11-24-17-28;/h5-13,17H,4,14-16H2,1-3H3,(H2,25,26,27);1H. The normalized spacial score (nSPS) is 11.1. The minimum Gasteiger partial charge on any atom is -0.357 e. The van der Waals surface area contributed by atoms with Gasteiger partial charge in [-0.1, -0.05) is 36.4 Å². The number of benzene rings is 2. The second-order valence-corrected chi connectivity index (χ2v) is 7.76. The molecule has 0 amide bonds. The van der Waals surface area contributed by atoms with Gasteiger partial charge in [-0.2, -0.15) is 0 Å². The first-order chi connectivity index (χ1) is 14.2. The van der Waals surface area contributed by atoms with Crippen LogP contribution in [0.2, 0.25) is 0 Å². The van der Waals surface area contributed by atoms with Crippen molar-refractivity contribution >= 4 is 41.7 Å². The lowest BCUT2D eigenvalue weighted by atomic mass is 10.1. The van der Waals surface area contributed by atoms with Crippen LogP contribution in [0.1, 0.15) is 29.2 Å². The van der Waals surface area contributed by atoms with Crippen LogP contribution >= 0.6 is 35.7 Å². The quantitative estimate of drug-likeness (QED) is 0.188. The number of aryl methyl sites for hydroxylation is 1. The molecule has 30 heavy (non-hydrogen) atoms. The van der Waals surface area contributed by atoms with Crippen LogP contribution in [0.3, 0.4) is 0 Å². The van der Waals surface area contributed by atoms with Crippen molar-refractivity contribution in [1.82, 2.24) is 20.2 Å². The van der Waals surface area contributed by atoms with Gasteiger partial charge in [-0.15, -0.1) is 35.7 Å². The largest absolute Gasteiger partial charge is 0.357 e. The second kappa shape index (κ2) is 12.6. The molecule has 1 aromatic heterocycles. The van der Waals surface area contributed by atoms with Crippen LogP contribution in [-0.4, -0.2) is 28.3 Å². The summed E-state index contributed by atoms with van der Waals surface area (Å²) in [5.41, 5.74) is 5.02. The van der Waals surface area contributed by atoms with Gasteiger partial charge in [0, 0.05) is 36.9 Å². The fraction of sp³-hybridized carbons (Fsp3) is 0.304. The number of hydrogen-bond acceptors (Lipinski definition) is 3. The molecule has 1 heterocycles. The number of nitrogens with one attached hydrogen (secondary N) is 2. The summed E-state index contributed by atoms with van der Waals surface area (Å²) in [5, 5.41) is 6.79. The first-order valence-electron chi connectivity index (χ1n) is 9.87. The molecule has 0 aliphatic heterocycles. The van der Waals surface area contributed by atoms with Crippen molar-refractivity contribution in [1.29, 1.82) is 0 Å². The fourth-order valence-corrected chi connectivity index (χ4v) is 3.74. The molecule has 0 radical (unpaired) electrons. The van der Waals surface area contributed by atoms with Crippen molar-refractivity contribution in [2.24, 2.45) is 4.99 Å². The lowest BCUT2D eigenvalue weighted by Gasteiger charge is -2.14. The maximum absolute atomic E-state index is 4.75. The van der Waals surface area contributed by atoms with Gasteiger partial charge in [-0.3, -0.25) is 0 Å². The van der Waals surface area contributed by atoms with E-state index in [0.717, 1.165) is 25.6 Å². The third-order valence-electron chi connectivity index (χ3n) is 4.60. The number of guanidine groups is 1. The zero-order valence-electron chi connectivity index (χ0n) is 17.8. The highest BCUT2D eigenvalue weighted by Crippen LogP contribution is 2.21. The molecule has 0 bridgehead atoms. The molecule has 0 aliphatic rings. The second-order valence-electron chi connectivity index (χ2n) is 6.92. The van der Waals surface area contributed by atoms with Gasteiger partial charge in [0.05, 0.1) is 12.9 Å². The van der Waals surface area contributed by atoms with E-state index < -0.39 is 0 Å². The fourth-order valence-electron chi connectivity index (χ4n) is 3.03. The molecule has 160 valence electrons. The summed E-state index contributed by atoms with van der Waals surface area (Å²) in [4.78, 5) is 10.1. The van der Waals surface area contributed by atoms with Crippen LogP contribution in [0.5, 0.6) is 0 Å². The molecular formula is C23H30IN5S. The van der Waals surface area contributed by atoms with Crippen LogP contribution in [0, 0.1) is 6.92 Å². The SMILES string of the molecule is CCNC(=NCc1ccc(Cn2ccnc2)cc1)NCc1ccc(C)cc1SC.I. The number of rotatable bonds is 8. The van der Waals surface area contributed by atoms with Gasteiger partial charge in [0.15, 0.2) is 5.96 Å². The van der Waals surface area contributed by atoms with Gasteiger partial charge in [-0.25, -0.2) is 9.98 Å². The zero-order chi connectivity index (χ0) is 20.5. The lowest BCUT2D eigenvalue weighted by Crippen LogP contribution is -2.36. The Morgan fingerprint density at radius 3 is 2.53 bits per heavy atom. The van der Waals surface area contributed by atoms with Gasteiger partial charge in [0.2, 0.25) is 0 Å². The van der Waals surface area contributed by atoms with E-state index in [2.05, 4.69) is 82.8 Å². The van der Waals surface area contributed by atoms with Crippen molar-refractivity contribution in [3.05, 3.63) is 83.4 Å². The molecule has 0 atom stereocenters. The van der Waals surface area contributed by atoms with E-state index in [1.807, 2.05) is 12.5 Å². The molecule has 0 aliphatic carbocycles. The van der Waals surface area contributed by atoms with Crippen LogP contribution in [0.4, 0.5) is 0 Å². The number of thioether (sulfide) groups is 1. The van der Waals surface area contributed by atoms with Gasteiger partial charge in [0.1, 0.15) is 0 Å². The van der Waals surface area contributed by atoms with Crippen molar-refractivity contribution in [2.45, 2.75) is 38.4 Å². The maximum Gasteiger partial charge on any atom is 0.191 e. The predicted molar refractivity (Wildman–Crippen MR) is 138 cm³/mol. The Morgan fingerprint density at radius 2 is 1.87 bits per heavy atom. The molecule has 0 saturated heterocycles. The highest BCUT2D eigenvalue weighted by molar-refractivity contribution is 14.0. The molecule has 0 unspecified atom stereocenters. The summed E-state index contributed by atoms with van der Waals surface area (Å²) in [6.07, 6.45) is 7.73. The Hall–Kier alpha value is -2.00. The number of nitrogens with zero attached hydrogens (tertiary/aromatic N) is 3. The number of hydrogen-bond donors (Lipinski definition) is 2. The van der Waals surface area contributed by atoms with E-state index in [-0.39, 0.29) is 24.0 Å². The third-order valence-corrected chi connectivity index (χ3v) is 5.42. The first-order valence-corrected chi connectivity index (χ1v) is 11.1. The Balaban J connectivity index is 0.00000320. The minimum absolute atomic E-state index is 0. The summed E-state index contributed by atoms with van der Waals surface area (Å²) < 4.78 is 2.06. The van der Waals surface area contributed by atoms with Gasteiger partial charge >= 0.3 is 0 Å². The third kappa shape index (κ3) is 7.36.